The quantitative estimate of drug-likeness (QED) is 0.413. The number of fused-ring (bicyclic) bond motifs is 3. The molecule has 0 aliphatic carbocycles. The highest BCUT2D eigenvalue weighted by molar-refractivity contribution is 7.90. The van der Waals surface area contributed by atoms with Crippen molar-refractivity contribution in [3.63, 3.8) is 0 Å². The van der Waals surface area contributed by atoms with Crippen LogP contribution in [0.5, 0.6) is 0 Å². The van der Waals surface area contributed by atoms with Crippen LogP contribution in [0.1, 0.15) is 0 Å². The molecular weight excluding hydrogens is 301 g/mol. The van der Waals surface area contributed by atoms with Crippen LogP contribution >= 0.6 is 0 Å². The number of para-hydroxylation sites is 2. The van der Waals surface area contributed by atoms with Gasteiger partial charge in [-0.1, -0.05) is 47.9 Å². The molecule has 3 aromatic carbocycles. The zero-order valence-corrected chi connectivity index (χ0v) is 13.9. The molecule has 2 nitrogen and oxygen atoms in total. The van der Waals surface area contributed by atoms with Gasteiger partial charge in [0.1, 0.15) is 19.8 Å². The zero-order valence-electron chi connectivity index (χ0n) is 13.1. The number of rotatable bonds is 2. The van der Waals surface area contributed by atoms with Crippen molar-refractivity contribution < 1.29 is 4.55 Å². The fourth-order valence-corrected chi connectivity index (χ4v) is 4.02. The average Bonchev–Trinajstić information content (AvgIpc) is 2.89. The largest absolute Gasteiger partial charge is 0.612 e. The first-order valence-corrected chi connectivity index (χ1v) is 9.15. The smallest absolute Gasteiger partial charge is 0.175 e. The summed E-state index contributed by atoms with van der Waals surface area (Å²) in [7, 11) is 2.03. The molecule has 0 N–H and O–H groups in total. The molecule has 0 bridgehead atoms. The molecule has 0 fully saturated rings. The van der Waals surface area contributed by atoms with Crippen molar-refractivity contribution in [2.24, 2.45) is 0 Å². The Morgan fingerprint density at radius 1 is 0.870 bits per heavy atom. The first-order valence-electron chi connectivity index (χ1n) is 7.59. The van der Waals surface area contributed by atoms with Crippen LogP contribution in [0, 0.1) is 0 Å². The lowest BCUT2D eigenvalue weighted by molar-refractivity contribution is 0.600. The second-order valence-corrected chi connectivity index (χ2v) is 7.14. The molecule has 1 heterocycles. The Bertz CT molecular complexity index is 969. The van der Waals surface area contributed by atoms with Gasteiger partial charge in [0.25, 0.3) is 0 Å². The summed E-state index contributed by atoms with van der Waals surface area (Å²) >= 11 is -1.04. The fourth-order valence-electron chi connectivity index (χ4n) is 3.22. The first-order chi connectivity index (χ1) is 11.2. The van der Waals surface area contributed by atoms with Gasteiger partial charge >= 0.3 is 0 Å². The molecule has 0 aliphatic rings. The third-order valence-corrected chi connectivity index (χ3v) is 5.19. The van der Waals surface area contributed by atoms with Crippen LogP contribution in [0.15, 0.2) is 71.6 Å². The SMILES string of the molecule is Bc1ccc(-n2c3ccccc3c3ccccc32)c([S+](C)[O-])c1. The van der Waals surface area contributed by atoms with Crippen molar-refractivity contribution in [3.05, 3.63) is 66.7 Å². The van der Waals surface area contributed by atoms with Crippen molar-refractivity contribution >= 4 is 46.3 Å². The summed E-state index contributed by atoms with van der Waals surface area (Å²) in [6.07, 6.45) is 1.74. The molecule has 1 atom stereocenters. The second kappa shape index (κ2) is 5.48. The topological polar surface area (TPSA) is 28.0 Å². The van der Waals surface area contributed by atoms with Gasteiger partial charge in [-0.05, 0) is 35.4 Å². The fraction of sp³-hybridized carbons (Fsp3) is 0.0526. The van der Waals surface area contributed by atoms with Gasteiger partial charge in [0, 0.05) is 10.8 Å². The number of benzene rings is 3. The van der Waals surface area contributed by atoms with Crippen molar-refractivity contribution in [1.82, 2.24) is 4.57 Å². The normalized spacial score (nSPS) is 12.8. The third kappa shape index (κ3) is 2.26. The number of nitrogens with zero attached hydrogens (tertiary/aromatic N) is 1. The highest BCUT2D eigenvalue weighted by Gasteiger charge is 2.18. The Hall–Kier alpha value is -2.17. The molecule has 4 rings (SSSR count). The van der Waals surface area contributed by atoms with Gasteiger partial charge in [-0.25, -0.2) is 0 Å². The summed E-state index contributed by atoms with van der Waals surface area (Å²) < 4.78 is 14.5. The van der Waals surface area contributed by atoms with Crippen LogP contribution in [0.2, 0.25) is 0 Å². The summed E-state index contributed by atoms with van der Waals surface area (Å²) in [5.74, 6) is 0. The van der Waals surface area contributed by atoms with E-state index < -0.39 is 11.2 Å². The van der Waals surface area contributed by atoms with Crippen LogP contribution in [-0.4, -0.2) is 23.2 Å². The lowest BCUT2D eigenvalue weighted by atomic mass is 9.96. The van der Waals surface area contributed by atoms with Crippen LogP contribution in [0.3, 0.4) is 0 Å². The molecule has 112 valence electrons. The van der Waals surface area contributed by atoms with Gasteiger partial charge in [0.15, 0.2) is 4.90 Å². The molecule has 1 aromatic heterocycles. The van der Waals surface area contributed by atoms with Gasteiger partial charge in [-0.2, -0.15) is 0 Å². The maximum Gasteiger partial charge on any atom is 0.175 e. The molecule has 0 spiro atoms. The molecule has 0 saturated carbocycles. The minimum atomic E-state index is -1.04. The average molecular weight is 317 g/mol. The second-order valence-electron chi connectivity index (χ2n) is 5.80. The summed E-state index contributed by atoms with van der Waals surface area (Å²) in [4.78, 5) is 0.872. The Balaban J connectivity index is 2.17. The van der Waals surface area contributed by atoms with Crippen LogP contribution in [-0.2, 0) is 11.2 Å². The molecule has 0 radical (unpaired) electrons. The summed E-state index contributed by atoms with van der Waals surface area (Å²) in [5, 5.41) is 2.44. The molecule has 0 saturated heterocycles. The summed E-state index contributed by atoms with van der Waals surface area (Å²) in [5.41, 5.74) is 4.40. The molecule has 0 aliphatic heterocycles. The molecular formula is C19H16BNOS. The standard InChI is InChI=1S/C19H16BNOS/c1-23(22)19-12-13(20)10-11-18(19)21-16-8-4-2-6-14(16)15-7-3-5-9-17(15)21/h2-12H,20H2,1H3. The lowest BCUT2D eigenvalue weighted by Crippen LogP contribution is -2.11. The van der Waals surface area contributed by atoms with E-state index in [9.17, 15) is 4.55 Å². The van der Waals surface area contributed by atoms with E-state index in [0.29, 0.717) is 0 Å². The van der Waals surface area contributed by atoms with Crippen molar-refractivity contribution in [3.8, 4) is 5.69 Å². The predicted molar refractivity (Wildman–Crippen MR) is 101 cm³/mol. The highest BCUT2D eigenvalue weighted by Crippen LogP contribution is 2.33. The Morgan fingerprint density at radius 2 is 1.43 bits per heavy atom. The first kappa shape index (κ1) is 14.4. The molecule has 23 heavy (non-hydrogen) atoms. The van der Waals surface area contributed by atoms with Gasteiger partial charge < -0.3 is 9.12 Å². The number of hydrogen-bond acceptors (Lipinski definition) is 1. The predicted octanol–water partition coefficient (Wildman–Crippen LogP) is 2.78. The van der Waals surface area contributed by atoms with Crippen LogP contribution in [0.25, 0.3) is 27.5 Å². The maximum absolute atomic E-state index is 12.3. The van der Waals surface area contributed by atoms with Crippen molar-refractivity contribution in [2.75, 3.05) is 6.26 Å². The van der Waals surface area contributed by atoms with E-state index in [1.165, 1.54) is 10.8 Å². The van der Waals surface area contributed by atoms with Gasteiger partial charge in [0.05, 0.1) is 11.0 Å². The lowest BCUT2D eigenvalue weighted by Gasteiger charge is -2.14. The van der Waals surface area contributed by atoms with Crippen molar-refractivity contribution in [1.29, 1.82) is 0 Å². The van der Waals surface area contributed by atoms with E-state index in [2.05, 4.69) is 65.2 Å². The monoisotopic (exact) mass is 317 g/mol. The molecule has 4 aromatic rings. The Labute approximate surface area is 139 Å². The summed E-state index contributed by atoms with van der Waals surface area (Å²) in [6.45, 7) is 0. The van der Waals surface area contributed by atoms with E-state index in [4.69, 9.17) is 0 Å². The summed E-state index contributed by atoms with van der Waals surface area (Å²) in [6, 6.07) is 22.9. The molecule has 1 unspecified atom stereocenters. The van der Waals surface area contributed by atoms with E-state index in [1.807, 2.05) is 13.9 Å². The van der Waals surface area contributed by atoms with Gasteiger partial charge in [0.2, 0.25) is 0 Å². The van der Waals surface area contributed by atoms with E-state index in [0.717, 1.165) is 27.1 Å². The third-order valence-electron chi connectivity index (χ3n) is 4.25. The Kier molecular flexibility index (Phi) is 3.44. The van der Waals surface area contributed by atoms with E-state index in [1.54, 1.807) is 6.26 Å². The van der Waals surface area contributed by atoms with E-state index in [-0.39, 0.29) is 0 Å². The molecule has 4 heteroatoms. The van der Waals surface area contributed by atoms with Crippen LogP contribution in [0.4, 0.5) is 0 Å². The maximum atomic E-state index is 12.3. The Morgan fingerprint density at radius 3 is 2.00 bits per heavy atom. The molecule has 0 amide bonds. The minimum Gasteiger partial charge on any atom is -0.612 e. The number of hydrogen-bond donors (Lipinski definition) is 0. The van der Waals surface area contributed by atoms with Gasteiger partial charge in [-0.15, -0.1) is 0 Å². The van der Waals surface area contributed by atoms with Crippen LogP contribution < -0.4 is 5.46 Å². The highest BCUT2D eigenvalue weighted by atomic mass is 32.2. The zero-order chi connectivity index (χ0) is 16.0. The number of aromatic nitrogens is 1. The van der Waals surface area contributed by atoms with Crippen molar-refractivity contribution in [2.45, 2.75) is 4.90 Å². The minimum absolute atomic E-state index is 0.872. The van der Waals surface area contributed by atoms with Gasteiger partial charge in [-0.3, -0.25) is 0 Å². The van der Waals surface area contributed by atoms with E-state index >= 15 is 0 Å².